The van der Waals surface area contributed by atoms with Crippen molar-refractivity contribution in [1.29, 1.82) is 0 Å². The molecule has 1 saturated heterocycles. The number of nitrogens with one attached hydrogen (secondary N) is 1. The highest BCUT2D eigenvalue weighted by atomic mass is 16.5. The highest BCUT2D eigenvalue weighted by Crippen LogP contribution is 2.18. The molecule has 1 heterocycles. The van der Waals surface area contributed by atoms with Crippen LogP contribution < -0.4 is 5.32 Å². The van der Waals surface area contributed by atoms with Crippen LogP contribution in [0.5, 0.6) is 0 Å². The maximum atomic E-state index is 12.3. The largest absolute Gasteiger partial charge is 0.379 e. The standard InChI is InChI=1S/C15H30N2O2/c1-6-14-16-13(9-11(2)3)15(18)17(14)7-8-19-10-12(4)5/h11-14,16H,6-10H2,1-5H3. The topological polar surface area (TPSA) is 41.6 Å². The SMILES string of the molecule is CCC1NC(CC(C)C)C(=O)N1CCOCC(C)C. The predicted molar refractivity (Wildman–Crippen MR) is 77.8 cm³/mol. The van der Waals surface area contributed by atoms with Gasteiger partial charge in [-0.1, -0.05) is 34.6 Å². The fraction of sp³-hybridized carbons (Fsp3) is 0.933. The second-order valence-corrected chi connectivity index (χ2v) is 6.27. The Morgan fingerprint density at radius 3 is 2.47 bits per heavy atom. The molecule has 4 nitrogen and oxygen atoms in total. The van der Waals surface area contributed by atoms with Crippen molar-refractivity contribution in [3.63, 3.8) is 0 Å². The summed E-state index contributed by atoms with van der Waals surface area (Å²) in [5, 5.41) is 3.44. The quantitative estimate of drug-likeness (QED) is 0.688. The lowest BCUT2D eigenvalue weighted by Crippen LogP contribution is -2.39. The molecule has 2 unspecified atom stereocenters. The first-order valence-corrected chi connectivity index (χ1v) is 7.60. The van der Waals surface area contributed by atoms with Gasteiger partial charge in [-0.3, -0.25) is 10.1 Å². The number of ether oxygens (including phenoxy) is 1. The Kier molecular flexibility index (Phi) is 6.80. The van der Waals surface area contributed by atoms with Crippen molar-refractivity contribution < 1.29 is 9.53 Å². The van der Waals surface area contributed by atoms with Crippen molar-refractivity contribution in [3.05, 3.63) is 0 Å². The zero-order valence-corrected chi connectivity index (χ0v) is 13.1. The molecule has 1 amide bonds. The van der Waals surface area contributed by atoms with Gasteiger partial charge < -0.3 is 9.64 Å². The summed E-state index contributed by atoms with van der Waals surface area (Å²) in [5.41, 5.74) is 0. The van der Waals surface area contributed by atoms with Crippen molar-refractivity contribution in [3.8, 4) is 0 Å². The van der Waals surface area contributed by atoms with Crippen LogP contribution in [0.4, 0.5) is 0 Å². The lowest BCUT2D eigenvalue weighted by molar-refractivity contribution is -0.131. The monoisotopic (exact) mass is 270 g/mol. The van der Waals surface area contributed by atoms with E-state index in [9.17, 15) is 4.79 Å². The van der Waals surface area contributed by atoms with Crippen LogP contribution in [0.25, 0.3) is 0 Å². The van der Waals surface area contributed by atoms with Crippen LogP contribution in [0.3, 0.4) is 0 Å². The molecule has 1 fully saturated rings. The molecular formula is C15H30N2O2. The predicted octanol–water partition coefficient (Wildman–Crippen LogP) is 2.24. The second-order valence-electron chi connectivity index (χ2n) is 6.27. The van der Waals surface area contributed by atoms with Crippen LogP contribution in [0.15, 0.2) is 0 Å². The van der Waals surface area contributed by atoms with E-state index in [2.05, 4.69) is 39.9 Å². The van der Waals surface area contributed by atoms with E-state index in [1.807, 2.05) is 4.90 Å². The zero-order chi connectivity index (χ0) is 14.4. The summed E-state index contributed by atoms with van der Waals surface area (Å²) in [7, 11) is 0. The van der Waals surface area contributed by atoms with E-state index in [4.69, 9.17) is 4.74 Å². The average molecular weight is 270 g/mol. The van der Waals surface area contributed by atoms with Gasteiger partial charge in [-0.15, -0.1) is 0 Å². The molecule has 0 saturated carbocycles. The first-order chi connectivity index (χ1) is 8.95. The molecule has 4 heteroatoms. The van der Waals surface area contributed by atoms with Crippen LogP contribution in [-0.4, -0.2) is 42.8 Å². The molecular weight excluding hydrogens is 240 g/mol. The van der Waals surface area contributed by atoms with Crippen LogP contribution in [-0.2, 0) is 9.53 Å². The number of hydrogen-bond acceptors (Lipinski definition) is 3. The van der Waals surface area contributed by atoms with E-state index >= 15 is 0 Å². The van der Waals surface area contributed by atoms with Crippen LogP contribution in [0.1, 0.15) is 47.5 Å². The Labute approximate surface area is 117 Å². The Hall–Kier alpha value is -0.610. The van der Waals surface area contributed by atoms with E-state index in [1.54, 1.807) is 0 Å². The zero-order valence-electron chi connectivity index (χ0n) is 13.1. The smallest absolute Gasteiger partial charge is 0.241 e. The van der Waals surface area contributed by atoms with E-state index in [1.165, 1.54) is 0 Å². The summed E-state index contributed by atoms with van der Waals surface area (Å²) < 4.78 is 5.59. The van der Waals surface area contributed by atoms with Gasteiger partial charge in [-0.25, -0.2) is 0 Å². The Morgan fingerprint density at radius 1 is 1.26 bits per heavy atom. The minimum Gasteiger partial charge on any atom is -0.379 e. The Bertz CT molecular complexity index is 279. The van der Waals surface area contributed by atoms with Gasteiger partial charge >= 0.3 is 0 Å². The van der Waals surface area contributed by atoms with Crippen molar-refractivity contribution in [1.82, 2.24) is 10.2 Å². The fourth-order valence-electron chi connectivity index (χ4n) is 2.47. The van der Waals surface area contributed by atoms with Crippen LogP contribution >= 0.6 is 0 Å². The molecule has 0 aromatic rings. The molecule has 1 N–H and O–H groups in total. The van der Waals surface area contributed by atoms with Gasteiger partial charge in [-0.2, -0.15) is 0 Å². The van der Waals surface area contributed by atoms with E-state index in [0.717, 1.165) is 19.4 Å². The van der Waals surface area contributed by atoms with Gasteiger partial charge in [0, 0.05) is 13.2 Å². The molecule has 112 valence electrons. The molecule has 1 rings (SSSR count). The number of hydrogen-bond donors (Lipinski definition) is 1. The number of carbonyl (C=O) groups is 1. The van der Waals surface area contributed by atoms with Crippen LogP contribution in [0, 0.1) is 11.8 Å². The molecule has 1 aliphatic rings. The maximum absolute atomic E-state index is 12.3. The van der Waals surface area contributed by atoms with Gasteiger partial charge in [0.05, 0.1) is 18.8 Å². The molecule has 0 spiro atoms. The molecule has 0 aromatic heterocycles. The van der Waals surface area contributed by atoms with Crippen molar-refractivity contribution in [2.45, 2.75) is 59.7 Å². The van der Waals surface area contributed by atoms with E-state index in [0.29, 0.717) is 25.0 Å². The van der Waals surface area contributed by atoms with Crippen LogP contribution in [0.2, 0.25) is 0 Å². The summed E-state index contributed by atoms with van der Waals surface area (Å²) in [4.78, 5) is 14.3. The number of carbonyl (C=O) groups excluding carboxylic acids is 1. The molecule has 19 heavy (non-hydrogen) atoms. The lowest BCUT2D eigenvalue weighted by atomic mass is 10.0. The highest BCUT2D eigenvalue weighted by molar-refractivity contribution is 5.84. The first kappa shape index (κ1) is 16.4. The number of amides is 1. The molecule has 0 aromatic carbocycles. The normalized spacial score (nSPS) is 23.9. The first-order valence-electron chi connectivity index (χ1n) is 7.60. The molecule has 1 aliphatic heterocycles. The summed E-state index contributed by atoms with van der Waals surface area (Å²) in [5.74, 6) is 1.33. The second kappa shape index (κ2) is 7.85. The Balaban J connectivity index is 2.43. The number of nitrogens with zero attached hydrogens (tertiary/aromatic N) is 1. The van der Waals surface area contributed by atoms with Gasteiger partial charge in [-0.05, 0) is 24.7 Å². The third kappa shape index (κ3) is 5.11. The average Bonchev–Trinajstić information content (AvgIpc) is 2.61. The fourth-order valence-corrected chi connectivity index (χ4v) is 2.47. The van der Waals surface area contributed by atoms with Crippen molar-refractivity contribution in [2.75, 3.05) is 19.8 Å². The molecule has 2 atom stereocenters. The lowest BCUT2D eigenvalue weighted by Gasteiger charge is -2.23. The highest BCUT2D eigenvalue weighted by Gasteiger charge is 2.37. The van der Waals surface area contributed by atoms with Gasteiger partial charge in [0.15, 0.2) is 0 Å². The van der Waals surface area contributed by atoms with Crippen molar-refractivity contribution >= 4 is 5.91 Å². The van der Waals surface area contributed by atoms with E-state index in [-0.39, 0.29) is 18.1 Å². The molecule has 0 aliphatic carbocycles. The van der Waals surface area contributed by atoms with Gasteiger partial charge in [0.1, 0.15) is 0 Å². The molecule has 0 bridgehead atoms. The maximum Gasteiger partial charge on any atom is 0.241 e. The van der Waals surface area contributed by atoms with Gasteiger partial charge in [0.2, 0.25) is 5.91 Å². The number of rotatable bonds is 8. The van der Waals surface area contributed by atoms with Crippen molar-refractivity contribution in [2.24, 2.45) is 11.8 Å². The minimum absolute atomic E-state index is 0.00458. The summed E-state index contributed by atoms with van der Waals surface area (Å²) >= 11 is 0. The third-order valence-corrected chi connectivity index (χ3v) is 3.37. The summed E-state index contributed by atoms with van der Waals surface area (Å²) in [6.07, 6.45) is 2.04. The minimum atomic E-state index is -0.00458. The summed E-state index contributed by atoms with van der Waals surface area (Å²) in [6.45, 7) is 12.8. The summed E-state index contributed by atoms with van der Waals surface area (Å²) in [6, 6.07) is -0.00458. The molecule has 0 radical (unpaired) electrons. The van der Waals surface area contributed by atoms with E-state index < -0.39 is 0 Å². The van der Waals surface area contributed by atoms with Gasteiger partial charge in [0.25, 0.3) is 0 Å². The Morgan fingerprint density at radius 2 is 1.95 bits per heavy atom. The third-order valence-electron chi connectivity index (χ3n) is 3.37.